The molecule has 0 atom stereocenters. The molecule has 0 heterocycles. The van der Waals surface area contributed by atoms with Gasteiger partial charge in [0.1, 0.15) is 5.75 Å². The van der Waals surface area contributed by atoms with Crippen molar-refractivity contribution >= 4 is 14.4 Å². The van der Waals surface area contributed by atoms with Crippen LogP contribution in [-0.2, 0) is 0 Å². The summed E-state index contributed by atoms with van der Waals surface area (Å²) in [6, 6.07) is 6.09. The van der Waals surface area contributed by atoms with Crippen molar-refractivity contribution in [2.24, 2.45) is 0 Å². The van der Waals surface area contributed by atoms with Crippen molar-refractivity contribution in [3.63, 3.8) is 0 Å². The molecule has 1 aromatic carbocycles. The molecule has 1 rings (SSSR count). The number of hydrogen-bond acceptors (Lipinski definition) is 2. The molecule has 0 aliphatic carbocycles. The van der Waals surface area contributed by atoms with Gasteiger partial charge in [-0.3, -0.25) is 0 Å². The van der Waals surface area contributed by atoms with Gasteiger partial charge >= 0.3 is 0 Å². The molecule has 0 saturated carbocycles. The molecule has 2 nitrogen and oxygen atoms in total. The fraction of sp³-hybridized carbons (Fsp3) is 0.500. The number of hydrogen-bond donors (Lipinski definition) is 0. The molecular weight excluding hydrogens is 252 g/mol. The maximum absolute atomic E-state index is 6.31. The highest BCUT2D eigenvalue weighted by atomic mass is 28.4. The van der Waals surface area contributed by atoms with Gasteiger partial charge in [-0.15, -0.1) is 0 Å². The Kier molecular flexibility index (Phi) is 4.85. The van der Waals surface area contributed by atoms with Crippen molar-refractivity contribution in [1.82, 2.24) is 0 Å². The van der Waals surface area contributed by atoms with E-state index in [0.29, 0.717) is 0 Å². The van der Waals surface area contributed by atoms with Gasteiger partial charge in [0, 0.05) is 0 Å². The lowest BCUT2D eigenvalue weighted by atomic mass is 10.2. The van der Waals surface area contributed by atoms with Gasteiger partial charge in [-0.25, -0.2) is 0 Å². The Bertz CT molecular complexity index is 456. The van der Waals surface area contributed by atoms with Gasteiger partial charge in [-0.05, 0) is 42.8 Å². The van der Waals surface area contributed by atoms with E-state index in [1.54, 1.807) is 7.11 Å². The van der Waals surface area contributed by atoms with E-state index in [4.69, 9.17) is 9.16 Å². The van der Waals surface area contributed by atoms with Gasteiger partial charge in [0.15, 0.2) is 5.75 Å². The van der Waals surface area contributed by atoms with Crippen LogP contribution in [0, 0.1) is 0 Å². The fourth-order valence-corrected chi connectivity index (χ4v) is 2.52. The molecule has 0 N–H and O–H groups in total. The minimum Gasteiger partial charge on any atom is -0.541 e. The standard InChI is InChI=1S/C16H26O2Si/c1-8-9-13-10-11-14(15(12-13)17-5)18-19(6,7)16(2,3)4/h8-12H,1-7H3/b9-8+. The Morgan fingerprint density at radius 3 is 2.21 bits per heavy atom. The number of allylic oxidation sites excluding steroid dienone is 1. The Balaban J connectivity index is 3.08. The Morgan fingerprint density at radius 1 is 1.11 bits per heavy atom. The van der Waals surface area contributed by atoms with Gasteiger partial charge in [-0.2, -0.15) is 0 Å². The molecule has 0 aliphatic rings. The molecule has 0 radical (unpaired) electrons. The first-order valence-electron chi connectivity index (χ1n) is 6.71. The van der Waals surface area contributed by atoms with Crippen molar-refractivity contribution in [1.29, 1.82) is 0 Å². The molecule has 0 fully saturated rings. The van der Waals surface area contributed by atoms with E-state index in [2.05, 4.69) is 46.0 Å². The van der Waals surface area contributed by atoms with Crippen LogP contribution >= 0.6 is 0 Å². The third-order valence-electron chi connectivity index (χ3n) is 3.72. The topological polar surface area (TPSA) is 18.5 Å². The predicted molar refractivity (Wildman–Crippen MR) is 85.5 cm³/mol. The molecule has 19 heavy (non-hydrogen) atoms. The van der Waals surface area contributed by atoms with E-state index in [-0.39, 0.29) is 5.04 Å². The van der Waals surface area contributed by atoms with Gasteiger partial charge in [0.25, 0.3) is 8.32 Å². The van der Waals surface area contributed by atoms with Gasteiger partial charge in [0.2, 0.25) is 0 Å². The average Bonchev–Trinajstić information content (AvgIpc) is 2.29. The summed E-state index contributed by atoms with van der Waals surface area (Å²) in [7, 11) is -0.140. The van der Waals surface area contributed by atoms with Crippen LogP contribution in [0.25, 0.3) is 6.08 Å². The normalized spacial score (nSPS) is 12.8. The second kappa shape index (κ2) is 5.82. The quantitative estimate of drug-likeness (QED) is 0.712. The molecule has 0 spiro atoms. The first kappa shape index (κ1) is 15.8. The van der Waals surface area contributed by atoms with E-state index in [1.807, 2.05) is 25.1 Å². The van der Waals surface area contributed by atoms with Crippen LogP contribution in [0.4, 0.5) is 0 Å². The van der Waals surface area contributed by atoms with Crippen LogP contribution in [0.15, 0.2) is 24.3 Å². The molecule has 0 saturated heterocycles. The second-order valence-electron chi connectivity index (χ2n) is 6.27. The molecular formula is C16H26O2Si. The minimum atomic E-state index is -1.83. The van der Waals surface area contributed by atoms with Gasteiger partial charge in [-0.1, -0.05) is 39.0 Å². The Morgan fingerprint density at radius 2 is 1.74 bits per heavy atom. The van der Waals surface area contributed by atoms with E-state index in [9.17, 15) is 0 Å². The highest BCUT2D eigenvalue weighted by Gasteiger charge is 2.39. The number of methoxy groups -OCH3 is 1. The third kappa shape index (κ3) is 3.87. The minimum absolute atomic E-state index is 0.181. The molecule has 106 valence electrons. The van der Waals surface area contributed by atoms with E-state index in [0.717, 1.165) is 17.1 Å². The van der Waals surface area contributed by atoms with Crippen molar-refractivity contribution in [3.05, 3.63) is 29.8 Å². The highest BCUT2D eigenvalue weighted by Crippen LogP contribution is 2.40. The molecule has 3 heteroatoms. The summed E-state index contributed by atoms with van der Waals surface area (Å²) in [6.07, 6.45) is 4.07. The van der Waals surface area contributed by atoms with Crippen molar-refractivity contribution in [3.8, 4) is 11.5 Å². The molecule has 0 amide bonds. The van der Waals surface area contributed by atoms with Crippen LogP contribution in [0.3, 0.4) is 0 Å². The summed E-state index contributed by atoms with van der Waals surface area (Å²) in [5.41, 5.74) is 1.13. The maximum Gasteiger partial charge on any atom is 0.250 e. The van der Waals surface area contributed by atoms with Crippen LogP contribution < -0.4 is 9.16 Å². The maximum atomic E-state index is 6.31. The molecule has 1 aromatic rings. The smallest absolute Gasteiger partial charge is 0.250 e. The predicted octanol–water partition coefficient (Wildman–Crippen LogP) is 5.11. The zero-order valence-electron chi connectivity index (χ0n) is 13.2. The van der Waals surface area contributed by atoms with Gasteiger partial charge < -0.3 is 9.16 Å². The summed E-state index contributed by atoms with van der Waals surface area (Å²) in [5, 5.41) is 0.181. The first-order valence-corrected chi connectivity index (χ1v) is 9.62. The van der Waals surface area contributed by atoms with Crippen molar-refractivity contribution < 1.29 is 9.16 Å². The zero-order valence-corrected chi connectivity index (χ0v) is 14.2. The van der Waals surface area contributed by atoms with Crippen molar-refractivity contribution in [2.75, 3.05) is 7.11 Å². The van der Waals surface area contributed by atoms with Crippen LogP contribution in [0.1, 0.15) is 33.3 Å². The third-order valence-corrected chi connectivity index (χ3v) is 8.06. The fourth-order valence-electron chi connectivity index (χ4n) is 1.49. The highest BCUT2D eigenvalue weighted by molar-refractivity contribution is 6.74. The molecule has 0 bridgehead atoms. The Labute approximate surface area is 118 Å². The van der Waals surface area contributed by atoms with E-state index in [1.165, 1.54) is 0 Å². The molecule has 0 aromatic heterocycles. The Hall–Kier alpha value is -1.22. The lowest BCUT2D eigenvalue weighted by molar-refractivity contribution is 0.386. The summed E-state index contributed by atoms with van der Waals surface area (Å²) in [4.78, 5) is 0. The van der Waals surface area contributed by atoms with Crippen molar-refractivity contribution in [2.45, 2.75) is 45.8 Å². The summed E-state index contributed by atoms with van der Waals surface area (Å²) < 4.78 is 11.8. The van der Waals surface area contributed by atoms with E-state index < -0.39 is 8.32 Å². The monoisotopic (exact) mass is 278 g/mol. The van der Waals surface area contributed by atoms with Gasteiger partial charge in [0.05, 0.1) is 7.11 Å². The van der Waals surface area contributed by atoms with Crippen LogP contribution in [0.5, 0.6) is 11.5 Å². The average molecular weight is 278 g/mol. The number of ether oxygens (including phenoxy) is 1. The lowest BCUT2D eigenvalue weighted by Gasteiger charge is -2.36. The second-order valence-corrected chi connectivity index (χ2v) is 11.0. The summed E-state index contributed by atoms with van der Waals surface area (Å²) in [6.45, 7) is 13.2. The number of rotatable bonds is 4. The summed E-state index contributed by atoms with van der Waals surface area (Å²) >= 11 is 0. The largest absolute Gasteiger partial charge is 0.541 e. The lowest BCUT2D eigenvalue weighted by Crippen LogP contribution is -2.43. The SMILES string of the molecule is C/C=C/c1ccc(O[Si](C)(C)C(C)(C)C)c(OC)c1. The first-order chi connectivity index (χ1) is 8.71. The molecule has 0 unspecified atom stereocenters. The summed E-state index contributed by atoms with van der Waals surface area (Å²) in [5.74, 6) is 1.66. The zero-order chi connectivity index (χ0) is 14.7. The number of benzene rings is 1. The van der Waals surface area contributed by atoms with E-state index >= 15 is 0 Å². The van der Waals surface area contributed by atoms with Crippen LogP contribution in [0.2, 0.25) is 18.1 Å². The van der Waals surface area contributed by atoms with Crippen LogP contribution in [-0.4, -0.2) is 15.4 Å². The molecule has 0 aliphatic heterocycles.